The summed E-state index contributed by atoms with van der Waals surface area (Å²) in [6, 6.07) is 9.92. The highest BCUT2D eigenvalue weighted by molar-refractivity contribution is 7.08. The van der Waals surface area contributed by atoms with Gasteiger partial charge in [0.2, 0.25) is 5.91 Å². The lowest BCUT2D eigenvalue weighted by molar-refractivity contribution is -0.130. The van der Waals surface area contributed by atoms with Crippen molar-refractivity contribution in [1.29, 1.82) is 0 Å². The van der Waals surface area contributed by atoms with Crippen LogP contribution in [0.2, 0.25) is 5.02 Å². The van der Waals surface area contributed by atoms with E-state index in [4.69, 9.17) is 11.6 Å². The Morgan fingerprint density at radius 2 is 2.12 bits per heavy atom. The summed E-state index contributed by atoms with van der Waals surface area (Å²) in [5.41, 5.74) is 1.99. The van der Waals surface area contributed by atoms with E-state index in [1.165, 1.54) is 0 Å². The van der Waals surface area contributed by atoms with Crippen LogP contribution < -0.4 is 0 Å². The summed E-state index contributed by atoms with van der Waals surface area (Å²) in [6.45, 7) is 4.01. The molecule has 0 aliphatic carbocycles. The molecule has 2 unspecified atom stereocenters. The van der Waals surface area contributed by atoms with Gasteiger partial charge in [0.15, 0.2) is 0 Å². The van der Waals surface area contributed by atoms with Crippen molar-refractivity contribution in [2.75, 3.05) is 32.8 Å². The van der Waals surface area contributed by atoms with E-state index in [1.807, 2.05) is 39.9 Å². The molecule has 0 bridgehead atoms. The van der Waals surface area contributed by atoms with E-state index in [1.54, 1.807) is 11.3 Å². The van der Waals surface area contributed by atoms with Crippen LogP contribution in [0.1, 0.15) is 11.1 Å². The number of fused-ring (bicyclic) bond motifs is 1. The molecule has 2 aliphatic rings. The van der Waals surface area contributed by atoms with Gasteiger partial charge in [0.1, 0.15) is 0 Å². The number of aliphatic hydroxyl groups is 1. The number of nitrogens with zero attached hydrogens (tertiary/aromatic N) is 2. The molecule has 3 heterocycles. The van der Waals surface area contributed by atoms with Crippen LogP contribution in [-0.2, 0) is 17.8 Å². The van der Waals surface area contributed by atoms with Gasteiger partial charge in [0.25, 0.3) is 0 Å². The number of carbonyl (C=O) groups is 1. The van der Waals surface area contributed by atoms with E-state index in [0.29, 0.717) is 18.9 Å². The highest BCUT2D eigenvalue weighted by Crippen LogP contribution is 2.43. The second-order valence-electron chi connectivity index (χ2n) is 7.56. The monoisotopic (exact) mass is 390 g/mol. The average molecular weight is 391 g/mol. The predicted octanol–water partition coefficient (Wildman–Crippen LogP) is 2.90. The molecular weight excluding hydrogens is 368 g/mol. The van der Waals surface area contributed by atoms with Crippen LogP contribution in [0.5, 0.6) is 0 Å². The van der Waals surface area contributed by atoms with E-state index in [0.717, 1.165) is 42.3 Å². The van der Waals surface area contributed by atoms with Gasteiger partial charge in [0.05, 0.1) is 13.0 Å². The Hall–Kier alpha value is -1.40. The molecule has 2 aromatic rings. The third-order valence-electron chi connectivity index (χ3n) is 5.78. The molecule has 2 fully saturated rings. The molecule has 2 atom stereocenters. The molecule has 26 heavy (non-hydrogen) atoms. The minimum absolute atomic E-state index is 0.124. The van der Waals surface area contributed by atoms with Crippen molar-refractivity contribution in [1.82, 2.24) is 9.80 Å². The third kappa shape index (κ3) is 3.41. The minimum atomic E-state index is -0.203. The van der Waals surface area contributed by atoms with Crippen molar-refractivity contribution in [2.45, 2.75) is 13.0 Å². The summed E-state index contributed by atoms with van der Waals surface area (Å²) in [7, 11) is 0. The first-order chi connectivity index (χ1) is 12.6. The van der Waals surface area contributed by atoms with Crippen molar-refractivity contribution in [2.24, 2.45) is 11.3 Å². The van der Waals surface area contributed by atoms with Gasteiger partial charge in [-0.2, -0.15) is 11.3 Å². The fourth-order valence-electron chi connectivity index (χ4n) is 4.37. The molecule has 2 saturated heterocycles. The first-order valence-electron chi connectivity index (χ1n) is 8.95. The van der Waals surface area contributed by atoms with Gasteiger partial charge in [-0.05, 0) is 39.9 Å². The predicted molar refractivity (Wildman–Crippen MR) is 104 cm³/mol. The Morgan fingerprint density at radius 1 is 1.27 bits per heavy atom. The van der Waals surface area contributed by atoms with E-state index in [9.17, 15) is 9.90 Å². The van der Waals surface area contributed by atoms with Crippen LogP contribution >= 0.6 is 22.9 Å². The Bertz CT molecular complexity index is 782. The van der Waals surface area contributed by atoms with E-state index in [-0.39, 0.29) is 17.9 Å². The molecule has 1 aromatic carbocycles. The van der Waals surface area contributed by atoms with Gasteiger partial charge in [-0.1, -0.05) is 29.8 Å². The van der Waals surface area contributed by atoms with Crippen LogP contribution in [0.3, 0.4) is 0 Å². The topological polar surface area (TPSA) is 43.8 Å². The van der Waals surface area contributed by atoms with Gasteiger partial charge in [0, 0.05) is 43.2 Å². The number of hydrogen-bond acceptors (Lipinski definition) is 4. The zero-order chi connectivity index (χ0) is 18.1. The van der Waals surface area contributed by atoms with Gasteiger partial charge in [-0.3, -0.25) is 9.69 Å². The van der Waals surface area contributed by atoms with Gasteiger partial charge >= 0.3 is 0 Å². The first-order valence-corrected chi connectivity index (χ1v) is 10.3. The maximum atomic E-state index is 12.6. The molecule has 138 valence electrons. The van der Waals surface area contributed by atoms with Crippen LogP contribution in [0.25, 0.3) is 0 Å². The summed E-state index contributed by atoms with van der Waals surface area (Å²) in [5.74, 6) is 0.490. The van der Waals surface area contributed by atoms with Crippen LogP contribution in [0, 0.1) is 11.3 Å². The summed E-state index contributed by atoms with van der Waals surface area (Å²) in [5, 5.41) is 15.0. The molecule has 6 heteroatoms. The molecule has 4 rings (SSSR count). The lowest BCUT2D eigenvalue weighted by Crippen LogP contribution is -2.39. The van der Waals surface area contributed by atoms with Crippen LogP contribution in [0.4, 0.5) is 0 Å². The molecule has 0 spiro atoms. The molecule has 1 N–H and O–H groups in total. The lowest BCUT2D eigenvalue weighted by atomic mass is 9.82. The number of amides is 1. The number of thiophene rings is 1. The quantitative estimate of drug-likeness (QED) is 0.853. The normalized spacial score (nSPS) is 25.6. The summed E-state index contributed by atoms with van der Waals surface area (Å²) >= 11 is 7.91. The van der Waals surface area contributed by atoms with Gasteiger partial charge in [-0.15, -0.1) is 0 Å². The number of halogens is 1. The molecule has 2 aliphatic heterocycles. The maximum absolute atomic E-state index is 12.6. The van der Waals surface area contributed by atoms with Crippen LogP contribution in [0.15, 0.2) is 41.1 Å². The van der Waals surface area contributed by atoms with Crippen LogP contribution in [-0.4, -0.2) is 53.6 Å². The number of aliphatic hydroxyl groups excluding tert-OH is 1. The van der Waals surface area contributed by atoms with Gasteiger partial charge < -0.3 is 10.0 Å². The third-order valence-corrected chi connectivity index (χ3v) is 6.89. The lowest BCUT2D eigenvalue weighted by Gasteiger charge is -2.27. The molecule has 4 nitrogen and oxygen atoms in total. The summed E-state index contributed by atoms with van der Waals surface area (Å²) in [6.07, 6.45) is 0.459. The highest BCUT2D eigenvalue weighted by atomic mass is 35.5. The second kappa shape index (κ2) is 7.31. The zero-order valence-corrected chi connectivity index (χ0v) is 16.2. The van der Waals surface area contributed by atoms with Gasteiger partial charge in [-0.25, -0.2) is 0 Å². The van der Waals surface area contributed by atoms with Crippen molar-refractivity contribution in [3.05, 3.63) is 57.2 Å². The zero-order valence-electron chi connectivity index (χ0n) is 14.6. The number of benzene rings is 1. The molecule has 0 saturated carbocycles. The average Bonchev–Trinajstić information content (AvgIpc) is 3.31. The van der Waals surface area contributed by atoms with E-state index < -0.39 is 0 Å². The van der Waals surface area contributed by atoms with E-state index in [2.05, 4.69) is 11.0 Å². The molecule has 1 amide bonds. The Kier molecular flexibility index (Phi) is 5.06. The highest BCUT2D eigenvalue weighted by Gasteiger charge is 2.52. The Labute approximate surface area is 163 Å². The van der Waals surface area contributed by atoms with Crippen molar-refractivity contribution in [3.8, 4) is 0 Å². The summed E-state index contributed by atoms with van der Waals surface area (Å²) in [4.78, 5) is 17.0. The second-order valence-corrected chi connectivity index (χ2v) is 8.75. The minimum Gasteiger partial charge on any atom is -0.396 e. The van der Waals surface area contributed by atoms with Crippen molar-refractivity contribution < 1.29 is 9.90 Å². The SMILES string of the molecule is O=C(Cc1ccsc1)N1CC2CN(Cc3ccccc3Cl)CC2(CO)C1. The number of likely N-dealkylation sites (tertiary alicyclic amines) is 2. The van der Waals surface area contributed by atoms with Crippen molar-refractivity contribution in [3.63, 3.8) is 0 Å². The maximum Gasteiger partial charge on any atom is 0.227 e. The smallest absolute Gasteiger partial charge is 0.227 e. The fraction of sp³-hybridized carbons (Fsp3) is 0.450. The molecular formula is C20H23ClN2O2S. The number of rotatable bonds is 5. The standard InChI is InChI=1S/C20H23ClN2O2S/c21-18-4-2-1-3-16(18)8-22-9-17-10-23(13-20(17,12-22)14-24)19(25)7-15-5-6-26-11-15/h1-6,11,17,24H,7-10,12-14H2. The number of hydrogen-bond donors (Lipinski definition) is 1. The molecule has 0 radical (unpaired) electrons. The molecule has 1 aromatic heterocycles. The largest absolute Gasteiger partial charge is 0.396 e. The van der Waals surface area contributed by atoms with E-state index >= 15 is 0 Å². The Morgan fingerprint density at radius 3 is 2.81 bits per heavy atom. The fourth-order valence-corrected chi connectivity index (χ4v) is 5.24. The first kappa shape index (κ1) is 18.0. The Balaban J connectivity index is 1.41. The van der Waals surface area contributed by atoms with Crippen molar-refractivity contribution >= 4 is 28.8 Å². The summed E-state index contributed by atoms with van der Waals surface area (Å²) < 4.78 is 0. The number of carbonyl (C=O) groups excluding carboxylic acids is 1.